The summed E-state index contributed by atoms with van der Waals surface area (Å²) in [7, 11) is 0. The molecule has 25 heavy (non-hydrogen) atoms. The number of hydrogen-bond acceptors (Lipinski definition) is 3. The number of benzene rings is 2. The van der Waals surface area contributed by atoms with Crippen LogP contribution in [0.5, 0.6) is 5.75 Å². The molecule has 1 aliphatic carbocycles. The molecule has 0 aromatic heterocycles. The number of aliphatic hydroxyl groups excluding tert-OH is 1. The van der Waals surface area contributed by atoms with Crippen LogP contribution in [-0.2, 0) is 19.3 Å². The van der Waals surface area contributed by atoms with Crippen molar-refractivity contribution in [3.63, 3.8) is 0 Å². The van der Waals surface area contributed by atoms with Gasteiger partial charge in [-0.1, -0.05) is 30.3 Å². The van der Waals surface area contributed by atoms with Crippen LogP contribution in [0.4, 0.5) is 10.5 Å². The second-order valence-corrected chi connectivity index (χ2v) is 6.76. The van der Waals surface area contributed by atoms with Crippen LogP contribution >= 0.6 is 0 Å². The number of ether oxygens (including phenoxy) is 1. The molecule has 0 fully saturated rings. The summed E-state index contributed by atoms with van der Waals surface area (Å²) in [6.07, 6.45) is 2.64. The summed E-state index contributed by atoms with van der Waals surface area (Å²) in [5.74, 6) is 0.895. The van der Waals surface area contributed by atoms with Crippen molar-refractivity contribution in [1.29, 1.82) is 0 Å². The number of rotatable bonds is 2. The first-order valence-corrected chi connectivity index (χ1v) is 8.76. The number of carbonyl (C=O) groups excluding carboxylic acids is 1. The Hall–Kier alpha value is -2.53. The zero-order valence-electron chi connectivity index (χ0n) is 14.0. The lowest BCUT2D eigenvalue weighted by Crippen LogP contribution is -2.44. The Bertz CT molecular complexity index is 790. The lowest BCUT2D eigenvalue weighted by atomic mass is 9.88. The van der Waals surface area contributed by atoms with E-state index < -0.39 is 0 Å². The number of fused-ring (bicyclic) bond motifs is 2. The molecule has 2 amide bonds. The van der Waals surface area contributed by atoms with Gasteiger partial charge in [-0.3, -0.25) is 0 Å². The number of urea groups is 1. The summed E-state index contributed by atoms with van der Waals surface area (Å²) >= 11 is 0. The summed E-state index contributed by atoms with van der Waals surface area (Å²) in [5.41, 5.74) is 4.14. The highest BCUT2D eigenvalue weighted by Crippen LogP contribution is 2.28. The predicted octanol–water partition coefficient (Wildman–Crippen LogP) is 2.66. The highest BCUT2D eigenvalue weighted by Gasteiger charge is 2.23. The van der Waals surface area contributed by atoms with Crippen molar-refractivity contribution in [2.75, 3.05) is 11.9 Å². The van der Waals surface area contributed by atoms with Gasteiger partial charge in [-0.2, -0.15) is 0 Å². The van der Waals surface area contributed by atoms with Crippen molar-refractivity contribution in [3.05, 3.63) is 59.2 Å². The maximum Gasteiger partial charge on any atom is 0.319 e. The molecule has 4 rings (SSSR count). The van der Waals surface area contributed by atoms with E-state index >= 15 is 0 Å². The van der Waals surface area contributed by atoms with E-state index in [0.29, 0.717) is 13.0 Å². The van der Waals surface area contributed by atoms with E-state index in [9.17, 15) is 9.90 Å². The van der Waals surface area contributed by atoms with Crippen molar-refractivity contribution in [2.45, 2.75) is 37.8 Å². The quantitative estimate of drug-likeness (QED) is 0.788. The molecule has 5 nitrogen and oxygen atoms in total. The van der Waals surface area contributed by atoms with Gasteiger partial charge in [-0.15, -0.1) is 0 Å². The highest BCUT2D eigenvalue weighted by molar-refractivity contribution is 5.90. The van der Waals surface area contributed by atoms with Crippen molar-refractivity contribution >= 4 is 11.7 Å². The molecule has 0 saturated heterocycles. The molecule has 1 heterocycles. The van der Waals surface area contributed by atoms with Gasteiger partial charge < -0.3 is 20.5 Å². The third-order valence-electron chi connectivity index (χ3n) is 4.92. The largest absolute Gasteiger partial charge is 0.491 e. The standard InChI is InChI=1S/C20H22N2O3/c23-16-9-8-13-5-3-6-18(17(13)11-16)22-20(24)21-15-10-14-4-1-2-7-19(14)25-12-15/h1-7,15-16,23H,8-12H2,(H2,21,22,24). The van der Waals surface area contributed by atoms with E-state index in [0.717, 1.165) is 41.8 Å². The second-order valence-electron chi connectivity index (χ2n) is 6.76. The first-order chi connectivity index (χ1) is 12.2. The van der Waals surface area contributed by atoms with Crippen LogP contribution in [0.15, 0.2) is 42.5 Å². The average Bonchev–Trinajstić information content (AvgIpc) is 2.62. The molecule has 2 aromatic carbocycles. The van der Waals surface area contributed by atoms with Crippen LogP contribution in [0, 0.1) is 0 Å². The normalized spacial score (nSPS) is 21.5. The van der Waals surface area contributed by atoms with Crippen LogP contribution in [0.3, 0.4) is 0 Å². The summed E-state index contributed by atoms with van der Waals surface area (Å²) < 4.78 is 5.72. The first kappa shape index (κ1) is 16.0. The Morgan fingerprint density at radius 2 is 1.92 bits per heavy atom. The van der Waals surface area contributed by atoms with Crippen LogP contribution in [0.25, 0.3) is 0 Å². The van der Waals surface area contributed by atoms with Gasteiger partial charge in [0, 0.05) is 12.1 Å². The van der Waals surface area contributed by atoms with Gasteiger partial charge in [-0.05, 0) is 48.1 Å². The third kappa shape index (κ3) is 3.46. The van der Waals surface area contributed by atoms with E-state index in [1.807, 2.05) is 36.4 Å². The second kappa shape index (κ2) is 6.76. The van der Waals surface area contributed by atoms with E-state index in [4.69, 9.17) is 4.74 Å². The number of aliphatic hydroxyl groups is 1. The molecule has 2 unspecified atom stereocenters. The Balaban J connectivity index is 1.42. The van der Waals surface area contributed by atoms with Gasteiger partial charge in [0.2, 0.25) is 0 Å². The Morgan fingerprint density at radius 3 is 2.84 bits per heavy atom. The monoisotopic (exact) mass is 338 g/mol. The molecule has 2 atom stereocenters. The molecule has 2 aromatic rings. The lowest BCUT2D eigenvalue weighted by Gasteiger charge is -2.27. The maximum atomic E-state index is 12.4. The molecule has 130 valence electrons. The fraction of sp³-hybridized carbons (Fsp3) is 0.350. The van der Waals surface area contributed by atoms with E-state index in [1.54, 1.807) is 0 Å². The number of carbonyl (C=O) groups is 1. The molecule has 3 N–H and O–H groups in total. The number of aryl methyl sites for hydroxylation is 1. The molecular weight excluding hydrogens is 316 g/mol. The smallest absolute Gasteiger partial charge is 0.319 e. The molecule has 0 bridgehead atoms. The maximum absolute atomic E-state index is 12.4. The topological polar surface area (TPSA) is 70.6 Å². The third-order valence-corrected chi connectivity index (χ3v) is 4.92. The molecule has 0 spiro atoms. The summed E-state index contributed by atoms with van der Waals surface area (Å²) in [6.45, 7) is 0.468. The highest BCUT2D eigenvalue weighted by atomic mass is 16.5. The predicted molar refractivity (Wildman–Crippen MR) is 96.1 cm³/mol. The Morgan fingerprint density at radius 1 is 1.08 bits per heavy atom. The van der Waals surface area contributed by atoms with Crippen molar-refractivity contribution in [3.8, 4) is 5.75 Å². The van der Waals surface area contributed by atoms with Crippen LogP contribution in [0.2, 0.25) is 0 Å². The van der Waals surface area contributed by atoms with Gasteiger partial charge in [-0.25, -0.2) is 4.79 Å². The first-order valence-electron chi connectivity index (χ1n) is 8.76. The van der Waals surface area contributed by atoms with Gasteiger partial charge in [0.1, 0.15) is 12.4 Å². The van der Waals surface area contributed by atoms with Gasteiger partial charge >= 0.3 is 6.03 Å². The minimum Gasteiger partial charge on any atom is -0.491 e. The van der Waals surface area contributed by atoms with Crippen molar-refractivity contribution in [2.24, 2.45) is 0 Å². The van der Waals surface area contributed by atoms with Crippen LogP contribution in [0.1, 0.15) is 23.1 Å². The van der Waals surface area contributed by atoms with Crippen molar-refractivity contribution < 1.29 is 14.6 Å². The minimum atomic E-state index is -0.332. The number of nitrogens with one attached hydrogen (secondary N) is 2. The number of anilines is 1. The van der Waals surface area contributed by atoms with Gasteiger partial charge in [0.05, 0.1) is 12.1 Å². The number of para-hydroxylation sites is 1. The number of hydrogen-bond donors (Lipinski definition) is 3. The Kier molecular flexibility index (Phi) is 4.32. The van der Waals surface area contributed by atoms with Crippen LogP contribution < -0.4 is 15.4 Å². The van der Waals surface area contributed by atoms with Gasteiger partial charge in [0.25, 0.3) is 0 Å². The van der Waals surface area contributed by atoms with Gasteiger partial charge in [0.15, 0.2) is 0 Å². The molecule has 0 radical (unpaired) electrons. The van der Waals surface area contributed by atoms with E-state index in [2.05, 4.69) is 16.7 Å². The summed E-state index contributed by atoms with van der Waals surface area (Å²) in [6, 6.07) is 13.5. The molecule has 0 saturated carbocycles. The minimum absolute atomic E-state index is 0.0555. The molecule has 5 heteroatoms. The molecule has 2 aliphatic rings. The fourth-order valence-electron chi connectivity index (χ4n) is 3.65. The SMILES string of the molecule is O=C(Nc1cccc2c1CC(O)CC2)NC1COc2ccccc2C1. The number of amides is 2. The Labute approximate surface area is 147 Å². The molecule has 1 aliphatic heterocycles. The summed E-state index contributed by atoms with van der Waals surface area (Å²) in [4.78, 5) is 12.4. The average molecular weight is 338 g/mol. The van der Waals surface area contributed by atoms with E-state index in [-0.39, 0.29) is 18.2 Å². The lowest BCUT2D eigenvalue weighted by molar-refractivity contribution is 0.159. The summed E-state index contributed by atoms with van der Waals surface area (Å²) in [5, 5.41) is 15.9. The fourth-order valence-corrected chi connectivity index (χ4v) is 3.65. The molecular formula is C20H22N2O3. The zero-order valence-corrected chi connectivity index (χ0v) is 14.0. The van der Waals surface area contributed by atoms with Crippen LogP contribution in [-0.4, -0.2) is 29.9 Å². The zero-order chi connectivity index (χ0) is 17.2. The van der Waals surface area contributed by atoms with Crippen molar-refractivity contribution in [1.82, 2.24) is 5.32 Å². The van der Waals surface area contributed by atoms with E-state index in [1.165, 1.54) is 5.56 Å².